The highest BCUT2D eigenvalue weighted by molar-refractivity contribution is 6.46. The largest absolute Gasteiger partial charge is 0.507 e. The number of aryl methyl sites for hydroxylation is 1. The Labute approximate surface area is 211 Å². The summed E-state index contributed by atoms with van der Waals surface area (Å²) in [5.41, 5.74) is 0.892. The van der Waals surface area contributed by atoms with E-state index in [1.807, 2.05) is 10.8 Å². The number of amides is 1. The number of ether oxygens (including phenoxy) is 2. The highest BCUT2D eigenvalue weighted by Gasteiger charge is 2.46. The fraction of sp³-hybridized carbons (Fsp3) is 0.240. The Balaban J connectivity index is 1.55. The van der Waals surface area contributed by atoms with E-state index in [0.29, 0.717) is 53.8 Å². The van der Waals surface area contributed by atoms with E-state index in [4.69, 9.17) is 32.7 Å². The lowest BCUT2D eigenvalue weighted by Gasteiger charge is -2.26. The normalized spacial score (nSPS) is 18.8. The average molecular weight is 514 g/mol. The van der Waals surface area contributed by atoms with Crippen LogP contribution in [0.25, 0.3) is 5.76 Å². The van der Waals surface area contributed by atoms with E-state index in [1.165, 1.54) is 4.90 Å². The molecule has 2 aliphatic heterocycles. The summed E-state index contributed by atoms with van der Waals surface area (Å²) in [5, 5.41) is 11.9. The number of hydrogen-bond acceptors (Lipinski definition) is 6. The first-order valence-corrected chi connectivity index (χ1v) is 11.8. The van der Waals surface area contributed by atoms with Crippen molar-refractivity contribution < 1.29 is 24.2 Å². The molecule has 1 atom stereocenters. The number of nitrogens with zero attached hydrogens (tertiary/aromatic N) is 3. The lowest BCUT2D eigenvalue weighted by molar-refractivity contribution is -0.139. The number of carbonyl (C=O) groups excluding carboxylic acids is 2. The number of likely N-dealkylation sites (tertiary alicyclic amines) is 1. The Hall–Kier alpha value is -3.49. The van der Waals surface area contributed by atoms with Gasteiger partial charge >= 0.3 is 0 Å². The summed E-state index contributed by atoms with van der Waals surface area (Å²) in [6.07, 6.45) is 5.76. The second-order valence-electron chi connectivity index (χ2n) is 8.18. The molecule has 5 rings (SSSR count). The van der Waals surface area contributed by atoms with Crippen LogP contribution >= 0.6 is 23.2 Å². The third-order valence-corrected chi connectivity index (χ3v) is 6.73. The van der Waals surface area contributed by atoms with Crippen molar-refractivity contribution in [3.63, 3.8) is 0 Å². The van der Waals surface area contributed by atoms with Crippen LogP contribution in [0.5, 0.6) is 11.5 Å². The molecule has 0 saturated carbocycles. The Kier molecular flexibility index (Phi) is 6.40. The maximum absolute atomic E-state index is 13.2. The summed E-state index contributed by atoms with van der Waals surface area (Å²) in [6.45, 7) is 1.70. The van der Waals surface area contributed by atoms with Gasteiger partial charge < -0.3 is 24.0 Å². The molecule has 35 heavy (non-hydrogen) atoms. The summed E-state index contributed by atoms with van der Waals surface area (Å²) >= 11 is 12.4. The molecule has 3 heterocycles. The number of aliphatic hydroxyl groups is 1. The van der Waals surface area contributed by atoms with Gasteiger partial charge in [-0.1, -0.05) is 29.3 Å². The number of benzene rings is 2. The number of rotatable bonds is 6. The van der Waals surface area contributed by atoms with Crippen molar-refractivity contribution in [1.29, 1.82) is 0 Å². The number of Topliss-reactive ketones (excluding diaryl/α,β-unsaturated/α-hetero) is 1. The summed E-state index contributed by atoms with van der Waals surface area (Å²) in [7, 11) is 0. The standard InChI is InChI=1S/C25H21Cl2N3O5/c26-17-4-2-15(12-18(17)27)22-21(23(31)16-3-5-19-20(13-16)35-11-10-34-19)24(32)25(33)30(22)8-1-7-29-9-6-28-14-29/h2-6,9,12-14,22,31H,1,7-8,10-11H2/t22-/m1/s1. The molecule has 0 unspecified atom stereocenters. The summed E-state index contributed by atoms with van der Waals surface area (Å²) < 4.78 is 13.0. The Morgan fingerprint density at radius 3 is 2.57 bits per heavy atom. The highest BCUT2D eigenvalue weighted by Crippen LogP contribution is 2.42. The molecule has 2 aliphatic rings. The van der Waals surface area contributed by atoms with Gasteiger partial charge in [0, 0.05) is 31.0 Å². The molecular weight excluding hydrogens is 493 g/mol. The predicted molar refractivity (Wildman–Crippen MR) is 130 cm³/mol. The predicted octanol–water partition coefficient (Wildman–Crippen LogP) is 4.47. The van der Waals surface area contributed by atoms with E-state index >= 15 is 0 Å². The van der Waals surface area contributed by atoms with Gasteiger partial charge in [-0.25, -0.2) is 4.98 Å². The van der Waals surface area contributed by atoms with Gasteiger partial charge in [0.15, 0.2) is 11.5 Å². The van der Waals surface area contributed by atoms with Crippen LogP contribution in [0.2, 0.25) is 10.0 Å². The molecule has 0 bridgehead atoms. The fourth-order valence-electron chi connectivity index (χ4n) is 4.33. The lowest BCUT2D eigenvalue weighted by Crippen LogP contribution is -2.31. The van der Waals surface area contributed by atoms with Crippen molar-refractivity contribution in [2.24, 2.45) is 0 Å². The molecule has 1 saturated heterocycles. The van der Waals surface area contributed by atoms with Crippen molar-refractivity contribution in [2.75, 3.05) is 19.8 Å². The number of carbonyl (C=O) groups is 2. The minimum Gasteiger partial charge on any atom is -0.507 e. The number of ketones is 1. The molecule has 3 aromatic rings. The molecule has 2 aromatic carbocycles. The second kappa shape index (κ2) is 9.64. The van der Waals surface area contributed by atoms with Crippen molar-refractivity contribution >= 4 is 40.7 Å². The molecule has 1 aromatic heterocycles. The summed E-state index contributed by atoms with van der Waals surface area (Å²) in [5.74, 6) is -0.745. The van der Waals surface area contributed by atoms with Gasteiger partial charge in [-0.2, -0.15) is 0 Å². The third kappa shape index (κ3) is 4.47. The Bertz CT molecular complexity index is 1320. The van der Waals surface area contributed by atoms with Crippen molar-refractivity contribution in [2.45, 2.75) is 19.0 Å². The van der Waals surface area contributed by atoms with E-state index in [1.54, 1.807) is 48.9 Å². The van der Waals surface area contributed by atoms with Gasteiger partial charge in [0.2, 0.25) is 0 Å². The van der Waals surface area contributed by atoms with Crippen LogP contribution in [-0.4, -0.2) is 51.0 Å². The average Bonchev–Trinajstić information content (AvgIpc) is 3.47. The molecule has 0 radical (unpaired) electrons. The van der Waals surface area contributed by atoms with Gasteiger partial charge in [0.1, 0.15) is 19.0 Å². The smallest absolute Gasteiger partial charge is 0.295 e. The van der Waals surface area contributed by atoms with Crippen LogP contribution in [-0.2, 0) is 16.1 Å². The molecular formula is C25H21Cl2N3O5. The highest BCUT2D eigenvalue weighted by atomic mass is 35.5. The lowest BCUT2D eigenvalue weighted by atomic mass is 9.95. The Morgan fingerprint density at radius 2 is 1.83 bits per heavy atom. The maximum Gasteiger partial charge on any atom is 0.295 e. The van der Waals surface area contributed by atoms with E-state index in [0.717, 1.165) is 0 Å². The zero-order valence-corrected chi connectivity index (χ0v) is 20.0. The van der Waals surface area contributed by atoms with Crippen LogP contribution in [0, 0.1) is 0 Å². The first-order chi connectivity index (χ1) is 16.9. The number of imidazole rings is 1. The van der Waals surface area contributed by atoms with Crippen LogP contribution in [0.15, 0.2) is 60.7 Å². The summed E-state index contributed by atoms with van der Waals surface area (Å²) in [4.78, 5) is 31.8. The molecule has 180 valence electrons. The van der Waals surface area contributed by atoms with Gasteiger partial charge in [-0.15, -0.1) is 0 Å². The number of fused-ring (bicyclic) bond motifs is 1. The van der Waals surface area contributed by atoms with Gasteiger partial charge in [-0.3, -0.25) is 9.59 Å². The minimum atomic E-state index is -0.833. The molecule has 10 heteroatoms. The van der Waals surface area contributed by atoms with Crippen LogP contribution in [0.3, 0.4) is 0 Å². The SMILES string of the molecule is O=C1C(=O)N(CCCn2ccnc2)[C@H](c2ccc(Cl)c(Cl)c2)C1=C(O)c1ccc2c(c1)OCCO2. The Morgan fingerprint density at radius 1 is 1.03 bits per heavy atom. The topological polar surface area (TPSA) is 93.9 Å². The fourth-order valence-corrected chi connectivity index (χ4v) is 4.63. The first kappa shape index (κ1) is 23.3. The molecule has 0 spiro atoms. The van der Waals surface area contributed by atoms with Crippen LogP contribution in [0.4, 0.5) is 0 Å². The van der Waals surface area contributed by atoms with E-state index < -0.39 is 17.7 Å². The van der Waals surface area contributed by atoms with Crippen LogP contribution in [0.1, 0.15) is 23.6 Å². The molecule has 8 nitrogen and oxygen atoms in total. The van der Waals surface area contributed by atoms with Gasteiger partial charge in [0.05, 0.1) is 28.0 Å². The monoisotopic (exact) mass is 513 g/mol. The molecule has 0 aliphatic carbocycles. The zero-order chi connectivity index (χ0) is 24.5. The maximum atomic E-state index is 13.2. The number of aromatic nitrogens is 2. The van der Waals surface area contributed by atoms with E-state index in [2.05, 4.69) is 4.98 Å². The molecule has 1 fully saturated rings. The quantitative estimate of drug-likeness (QED) is 0.296. The number of hydrogen-bond donors (Lipinski definition) is 1. The van der Waals surface area contributed by atoms with Gasteiger partial charge in [0.25, 0.3) is 11.7 Å². The van der Waals surface area contributed by atoms with Crippen molar-refractivity contribution in [3.8, 4) is 11.5 Å². The first-order valence-electron chi connectivity index (χ1n) is 11.0. The van der Waals surface area contributed by atoms with E-state index in [-0.39, 0.29) is 22.9 Å². The number of aliphatic hydroxyl groups excluding tert-OH is 1. The van der Waals surface area contributed by atoms with Crippen molar-refractivity contribution in [3.05, 3.63) is 81.9 Å². The van der Waals surface area contributed by atoms with E-state index in [9.17, 15) is 14.7 Å². The minimum absolute atomic E-state index is 0.0207. The summed E-state index contributed by atoms with van der Waals surface area (Å²) in [6, 6.07) is 8.98. The van der Waals surface area contributed by atoms with Gasteiger partial charge in [-0.05, 0) is 42.3 Å². The number of halogens is 2. The third-order valence-electron chi connectivity index (χ3n) is 5.99. The van der Waals surface area contributed by atoms with Crippen LogP contribution < -0.4 is 9.47 Å². The van der Waals surface area contributed by atoms with Crippen molar-refractivity contribution in [1.82, 2.24) is 14.5 Å². The molecule has 1 N–H and O–H groups in total. The molecule has 1 amide bonds. The second-order valence-corrected chi connectivity index (χ2v) is 8.99. The zero-order valence-electron chi connectivity index (χ0n) is 18.5.